The number of allylic oxidation sites excluding steroid dienone is 1. The summed E-state index contributed by atoms with van der Waals surface area (Å²) in [4.78, 5) is 29.8. The first-order valence-corrected chi connectivity index (χ1v) is 22.2. The van der Waals surface area contributed by atoms with Gasteiger partial charge in [-0.3, -0.25) is 9.59 Å². The molecule has 1 aromatic carbocycles. The monoisotopic (exact) mass is 795 g/mol. The number of benzene rings is 1. The molecule has 0 spiro atoms. The van der Waals surface area contributed by atoms with Crippen molar-refractivity contribution < 1.29 is 19.1 Å². The van der Waals surface area contributed by atoms with Crippen LogP contribution in [0.4, 0.5) is 0 Å². The Morgan fingerprint density at radius 1 is 0.618 bits per heavy atom. The van der Waals surface area contributed by atoms with Crippen LogP contribution in [0.2, 0.25) is 0 Å². The van der Waals surface area contributed by atoms with Gasteiger partial charge in [-0.1, -0.05) is 134 Å². The Bertz CT molecular complexity index is 1590. The van der Waals surface area contributed by atoms with Crippen molar-refractivity contribution in [3.05, 3.63) is 21.4 Å². The van der Waals surface area contributed by atoms with Crippen LogP contribution in [0.1, 0.15) is 168 Å². The van der Waals surface area contributed by atoms with Gasteiger partial charge in [0.2, 0.25) is 0 Å². The molecule has 0 N–H and O–H groups in total. The van der Waals surface area contributed by atoms with Gasteiger partial charge in [-0.25, -0.2) is 0 Å². The van der Waals surface area contributed by atoms with Crippen molar-refractivity contribution in [1.29, 1.82) is 10.5 Å². The number of carbonyl (C=O) groups excluding carboxylic acids is 2. The van der Waals surface area contributed by atoms with Crippen molar-refractivity contribution in [2.75, 3.05) is 0 Å². The minimum atomic E-state index is -0.303. The van der Waals surface area contributed by atoms with E-state index in [0.717, 1.165) is 51.4 Å². The third-order valence-electron chi connectivity index (χ3n) is 10.3. The molecule has 6 atom stereocenters. The average molecular weight is 795 g/mol. The summed E-state index contributed by atoms with van der Waals surface area (Å²) < 4.78 is 13.3. The third-order valence-corrected chi connectivity index (χ3v) is 12.9. The maximum atomic E-state index is 14.3. The number of rotatable bonds is 16. The molecule has 0 aliphatic carbocycles. The van der Waals surface area contributed by atoms with Crippen molar-refractivity contribution in [3.8, 4) is 23.6 Å². The summed E-state index contributed by atoms with van der Waals surface area (Å²) >= 11 is 2.48. The highest BCUT2D eigenvalue weighted by atomic mass is 32.2. The molecular formula is C47H74N2O4S2. The zero-order chi connectivity index (χ0) is 42.3. The van der Waals surface area contributed by atoms with E-state index >= 15 is 0 Å². The standard InChI is InChI=1S/C47H74N2O4S2/c1-29(23-44(6,7)8)18-20-35(32(4)25-46(12,13)14)41(50)52-37-22-31(3)38(40-39(37)54-43(55-40)34(27-48)28-49)53-42(51)36(33(5)26-47(15,16)17)21-19-30(2)24-45(9,10)11/h22,29-30,32-33,35-36H,18-21,23-26H2,1-17H3. The minimum absolute atomic E-state index is 0.0209. The van der Waals surface area contributed by atoms with Crippen molar-refractivity contribution in [3.63, 3.8) is 0 Å². The normalized spacial score (nSPS) is 16.9. The molecule has 8 heteroatoms. The summed E-state index contributed by atoms with van der Waals surface area (Å²) in [6.07, 6.45) is 7.20. The molecule has 6 unspecified atom stereocenters. The Labute approximate surface area is 344 Å². The number of fused-ring (bicyclic) bond motifs is 1. The fraction of sp³-hybridized carbons (Fsp3) is 0.745. The second-order valence-electron chi connectivity index (χ2n) is 21.7. The zero-order valence-electron chi connectivity index (χ0n) is 37.5. The lowest BCUT2D eigenvalue weighted by Gasteiger charge is -2.31. The molecule has 308 valence electrons. The predicted octanol–water partition coefficient (Wildman–Crippen LogP) is 14.3. The van der Waals surface area contributed by atoms with Gasteiger partial charge in [-0.05, 0) is 115 Å². The van der Waals surface area contributed by atoms with E-state index in [-0.39, 0.29) is 62.8 Å². The summed E-state index contributed by atoms with van der Waals surface area (Å²) in [7, 11) is 0. The number of esters is 2. The Morgan fingerprint density at radius 3 is 1.38 bits per heavy atom. The topological polar surface area (TPSA) is 100 Å². The Morgan fingerprint density at radius 2 is 1.00 bits per heavy atom. The van der Waals surface area contributed by atoms with Gasteiger partial charge in [0.15, 0.2) is 0 Å². The highest BCUT2D eigenvalue weighted by Crippen LogP contribution is 2.60. The molecule has 6 nitrogen and oxygen atoms in total. The van der Waals surface area contributed by atoms with E-state index in [1.165, 1.54) is 23.5 Å². The van der Waals surface area contributed by atoms with Crippen LogP contribution in [-0.4, -0.2) is 11.9 Å². The number of nitriles is 2. The number of nitrogens with zero attached hydrogens (tertiary/aromatic N) is 2. The first-order chi connectivity index (χ1) is 25.0. The number of hydrogen-bond acceptors (Lipinski definition) is 8. The van der Waals surface area contributed by atoms with Crippen LogP contribution in [-0.2, 0) is 9.59 Å². The SMILES string of the molecule is Cc1cc(OC(=O)C(CCC(C)CC(C)(C)C)C(C)CC(C)(C)C)c2c(c1OC(=O)C(CCC(C)CC(C)(C)C)C(C)CC(C)(C)C)SC(=C(C#N)C#N)S2. The van der Waals surface area contributed by atoms with Crippen molar-refractivity contribution >= 4 is 35.5 Å². The van der Waals surface area contributed by atoms with Crippen LogP contribution in [0, 0.1) is 86.8 Å². The van der Waals surface area contributed by atoms with E-state index in [1.54, 1.807) is 6.07 Å². The van der Waals surface area contributed by atoms with Crippen molar-refractivity contribution in [1.82, 2.24) is 0 Å². The average Bonchev–Trinajstić information content (AvgIpc) is 3.41. The minimum Gasteiger partial charge on any atom is -0.425 e. The lowest BCUT2D eigenvalue weighted by atomic mass is 9.76. The zero-order valence-corrected chi connectivity index (χ0v) is 39.2. The van der Waals surface area contributed by atoms with E-state index in [0.29, 0.717) is 42.9 Å². The lowest BCUT2D eigenvalue weighted by molar-refractivity contribution is -0.143. The number of ether oxygens (including phenoxy) is 2. The molecule has 0 amide bonds. The molecule has 55 heavy (non-hydrogen) atoms. The molecule has 0 fully saturated rings. The van der Waals surface area contributed by atoms with Gasteiger partial charge in [0.25, 0.3) is 0 Å². The largest absolute Gasteiger partial charge is 0.425 e. The summed E-state index contributed by atoms with van der Waals surface area (Å²) in [5, 5.41) is 19.6. The predicted molar refractivity (Wildman–Crippen MR) is 231 cm³/mol. The van der Waals surface area contributed by atoms with Gasteiger partial charge >= 0.3 is 11.9 Å². The summed E-state index contributed by atoms with van der Waals surface area (Å²) in [6, 6.07) is 5.84. The first kappa shape index (κ1) is 48.7. The summed E-state index contributed by atoms with van der Waals surface area (Å²) in [5.74, 6) is 0.774. The van der Waals surface area contributed by atoms with Gasteiger partial charge in [0.1, 0.15) is 29.2 Å². The number of carbonyl (C=O) groups is 2. The van der Waals surface area contributed by atoms with Gasteiger partial charge in [-0.2, -0.15) is 10.5 Å². The highest BCUT2D eigenvalue weighted by molar-refractivity contribution is 8.24. The second kappa shape index (κ2) is 19.8. The van der Waals surface area contributed by atoms with Crippen LogP contribution in [0.5, 0.6) is 11.5 Å². The maximum absolute atomic E-state index is 14.3. The Hall–Kier alpha value is -2.42. The molecule has 2 rings (SSSR count). The first-order valence-electron chi connectivity index (χ1n) is 20.5. The van der Waals surface area contributed by atoms with E-state index in [4.69, 9.17) is 9.47 Å². The molecule has 1 heterocycles. The quantitative estimate of drug-likeness (QED) is 0.0926. The van der Waals surface area contributed by atoms with Crippen LogP contribution in [0.3, 0.4) is 0 Å². The molecule has 1 aromatic rings. The van der Waals surface area contributed by atoms with Crippen LogP contribution in [0.25, 0.3) is 0 Å². The van der Waals surface area contributed by atoms with E-state index in [1.807, 2.05) is 19.1 Å². The fourth-order valence-electron chi connectivity index (χ4n) is 8.61. The van der Waals surface area contributed by atoms with Gasteiger partial charge in [-0.15, -0.1) is 0 Å². The molecule has 0 aromatic heterocycles. The van der Waals surface area contributed by atoms with Gasteiger partial charge in [0, 0.05) is 0 Å². The van der Waals surface area contributed by atoms with Crippen molar-refractivity contribution in [2.45, 2.75) is 179 Å². The lowest BCUT2D eigenvalue weighted by Crippen LogP contribution is -2.30. The number of hydrogen-bond donors (Lipinski definition) is 0. The molecule has 0 bridgehead atoms. The van der Waals surface area contributed by atoms with Crippen LogP contribution in [0.15, 0.2) is 25.7 Å². The van der Waals surface area contributed by atoms with E-state index in [2.05, 4.69) is 111 Å². The second-order valence-corrected chi connectivity index (χ2v) is 24.0. The van der Waals surface area contributed by atoms with Crippen molar-refractivity contribution in [2.24, 2.45) is 57.2 Å². The molecule has 0 saturated carbocycles. The Balaban J connectivity index is 2.59. The molecule has 0 radical (unpaired) electrons. The van der Waals surface area contributed by atoms with Gasteiger partial charge < -0.3 is 9.47 Å². The smallest absolute Gasteiger partial charge is 0.314 e. The number of thioether (sulfide) groups is 2. The summed E-state index contributed by atoms with van der Waals surface area (Å²) in [5.41, 5.74) is 1.14. The molecular weight excluding hydrogens is 721 g/mol. The Kier molecular flexibility index (Phi) is 17.6. The van der Waals surface area contributed by atoms with Crippen LogP contribution >= 0.6 is 23.5 Å². The third kappa shape index (κ3) is 16.5. The van der Waals surface area contributed by atoms with Gasteiger partial charge in [0.05, 0.1) is 25.9 Å². The molecule has 1 aliphatic heterocycles. The van der Waals surface area contributed by atoms with E-state index < -0.39 is 0 Å². The fourth-order valence-corrected chi connectivity index (χ4v) is 11.2. The maximum Gasteiger partial charge on any atom is 0.314 e. The molecule has 1 aliphatic rings. The number of aryl methyl sites for hydroxylation is 1. The highest BCUT2D eigenvalue weighted by Gasteiger charge is 2.37. The van der Waals surface area contributed by atoms with E-state index in [9.17, 15) is 20.1 Å². The summed E-state index contributed by atoms with van der Waals surface area (Å²) in [6.45, 7) is 37.5. The molecule has 0 saturated heterocycles. The van der Waals surface area contributed by atoms with Crippen LogP contribution < -0.4 is 9.47 Å².